The highest BCUT2D eigenvalue weighted by molar-refractivity contribution is 6.18. The van der Waals surface area contributed by atoms with Gasteiger partial charge in [-0.2, -0.15) is 0 Å². The summed E-state index contributed by atoms with van der Waals surface area (Å²) >= 11 is 5.68. The van der Waals surface area contributed by atoms with Gasteiger partial charge < -0.3 is 5.32 Å². The highest BCUT2D eigenvalue weighted by Gasteiger charge is 2.04. The Balaban J connectivity index is 2.93. The summed E-state index contributed by atoms with van der Waals surface area (Å²) in [6.07, 6.45) is 2.14. The van der Waals surface area contributed by atoms with Crippen molar-refractivity contribution in [3.05, 3.63) is 29.3 Å². The summed E-state index contributed by atoms with van der Waals surface area (Å²) < 4.78 is 0. The van der Waals surface area contributed by atoms with Gasteiger partial charge >= 0.3 is 0 Å². The minimum absolute atomic E-state index is 0.654. The molecular weight excluding hydrogens is 194 g/mol. The maximum absolute atomic E-state index is 5.68. The molecule has 0 radical (unpaired) electrons. The molecule has 0 aromatic heterocycles. The Morgan fingerprint density at radius 1 is 1.14 bits per heavy atom. The lowest BCUT2D eigenvalue weighted by Gasteiger charge is -2.14. The van der Waals surface area contributed by atoms with Crippen molar-refractivity contribution in [3.63, 3.8) is 0 Å². The number of halogens is 1. The van der Waals surface area contributed by atoms with Crippen molar-refractivity contribution in [2.24, 2.45) is 0 Å². The molecule has 1 rings (SSSR count). The second-order valence-corrected chi connectivity index (χ2v) is 3.65. The van der Waals surface area contributed by atoms with Gasteiger partial charge in [0.25, 0.3) is 0 Å². The SMILES string of the molecule is CCc1cccc(CC)c1NCCCl. The first-order valence-electron chi connectivity index (χ1n) is 5.24. The Kier molecular flexibility index (Phi) is 4.81. The molecule has 0 unspecified atom stereocenters. The molecule has 0 atom stereocenters. The molecule has 0 spiro atoms. The van der Waals surface area contributed by atoms with Crippen LogP contribution in [0.15, 0.2) is 18.2 Å². The number of anilines is 1. The van der Waals surface area contributed by atoms with E-state index in [0.717, 1.165) is 19.4 Å². The third kappa shape index (κ3) is 2.65. The molecule has 1 aromatic carbocycles. The first-order valence-corrected chi connectivity index (χ1v) is 5.77. The van der Waals surface area contributed by atoms with E-state index in [0.29, 0.717) is 5.88 Å². The zero-order valence-electron chi connectivity index (χ0n) is 8.94. The zero-order chi connectivity index (χ0) is 10.4. The number of alkyl halides is 1. The van der Waals surface area contributed by atoms with Crippen LogP contribution in [0.5, 0.6) is 0 Å². The predicted octanol–water partition coefficient (Wildman–Crippen LogP) is 3.46. The summed E-state index contributed by atoms with van der Waals surface area (Å²) in [5.41, 5.74) is 4.06. The van der Waals surface area contributed by atoms with Crippen molar-refractivity contribution in [3.8, 4) is 0 Å². The largest absolute Gasteiger partial charge is 0.383 e. The first-order chi connectivity index (χ1) is 6.83. The number of para-hydroxylation sites is 1. The Hall–Kier alpha value is -0.690. The lowest BCUT2D eigenvalue weighted by molar-refractivity contribution is 1.06. The van der Waals surface area contributed by atoms with Gasteiger partial charge in [-0.15, -0.1) is 11.6 Å². The highest BCUT2D eigenvalue weighted by atomic mass is 35.5. The van der Waals surface area contributed by atoms with E-state index >= 15 is 0 Å². The second kappa shape index (κ2) is 5.92. The lowest BCUT2D eigenvalue weighted by Crippen LogP contribution is -2.07. The van der Waals surface area contributed by atoms with E-state index in [1.807, 2.05) is 0 Å². The summed E-state index contributed by atoms with van der Waals surface area (Å²) in [6, 6.07) is 6.48. The van der Waals surface area contributed by atoms with E-state index < -0.39 is 0 Å². The number of aryl methyl sites for hydroxylation is 2. The molecule has 0 aliphatic rings. The van der Waals surface area contributed by atoms with Gasteiger partial charge in [0.1, 0.15) is 0 Å². The van der Waals surface area contributed by atoms with E-state index in [4.69, 9.17) is 11.6 Å². The van der Waals surface area contributed by atoms with Crippen molar-refractivity contribution in [2.45, 2.75) is 26.7 Å². The van der Waals surface area contributed by atoms with Crippen molar-refractivity contribution in [1.82, 2.24) is 0 Å². The quantitative estimate of drug-likeness (QED) is 0.736. The molecular formula is C12H18ClN. The summed E-state index contributed by atoms with van der Waals surface area (Å²) in [5.74, 6) is 0.654. The molecule has 0 fully saturated rings. The Morgan fingerprint density at radius 2 is 1.71 bits per heavy atom. The van der Waals surface area contributed by atoms with Crippen molar-refractivity contribution >= 4 is 17.3 Å². The van der Waals surface area contributed by atoms with Crippen LogP contribution in [-0.4, -0.2) is 12.4 Å². The fourth-order valence-corrected chi connectivity index (χ4v) is 1.74. The lowest BCUT2D eigenvalue weighted by atomic mass is 10.0. The van der Waals surface area contributed by atoms with Crippen molar-refractivity contribution in [2.75, 3.05) is 17.7 Å². The summed E-state index contributed by atoms with van der Waals surface area (Å²) in [5, 5.41) is 3.40. The molecule has 0 saturated carbocycles. The molecule has 0 saturated heterocycles. The molecule has 2 heteroatoms. The van der Waals surface area contributed by atoms with E-state index in [9.17, 15) is 0 Å². The zero-order valence-corrected chi connectivity index (χ0v) is 9.69. The molecule has 0 aliphatic carbocycles. The first kappa shape index (κ1) is 11.4. The maximum Gasteiger partial charge on any atom is 0.0405 e. The molecule has 0 bridgehead atoms. The van der Waals surface area contributed by atoms with E-state index in [1.54, 1.807) is 0 Å². The average molecular weight is 212 g/mol. The van der Waals surface area contributed by atoms with Gasteiger partial charge in [-0.05, 0) is 24.0 Å². The van der Waals surface area contributed by atoms with Gasteiger partial charge in [0.15, 0.2) is 0 Å². The average Bonchev–Trinajstić information content (AvgIpc) is 2.25. The van der Waals surface area contributed by atoms with Crippen LogP contribution >= 0.6 is 11.6 Å². The smallest absolute Gasteiger partial charge is 0.0405 e. The topological polar surface area (TPSA) is 12.0 Å². The standard InChI is InChI=1S/C12H18ClN/c1-3-10-6-5-7-11(4-2)12(10)14-9-8-13/h5-7,14H,3-4,8-9H2,1-2H3. The maximum atomic E-state index is 5.68. The van der Waals surface area contributed by atoms with Crippen molar-refractivity contribution in [1.29, 1.82) is 0 Å². The third-order valence-corrected chi connectivity index (χ3v) is 2.58. The van der Waals surface area contributed by atoms with E-state index in [1.165, 1.54) is 16.8 Å². The molecule has 1 nitrogen and oxygen atoms in total. The number of hydrogen-bond donors (Lipinski definition) is 1. The molecule has 78 valence electrons. The number of hydrogen-bond acceptors (Lipinski definition) is 1. The number of benzene rings is 1. The minimum atomic E-state index is 0.654. The van der Waals surface area contributed by atoms with Crippen LogP contribution in [0.3, 0.4) is 0 Å². The number of nitrogens with one attached hydrogen (secondary N) is 1. The molecule has 14 heavy (non-hydrogen) atoms. The van der Waals surface area contributed by atoms with Gasteiger partial charge in [-0.3, -0.25) is 0 Å². The monoisotopic (exact) mass is 211 g/mol. The summed E-state index contributed by atoms with van der Waals surface area (Å²) in [6.45, 7) is 5.20. The van der Waals surface area contributed by atoms with Gasteiger partial charge in [-0.1, -0.05) is 32.0 Å². The fourth-order valence-electron chi connectivity index (χ4n) is 1.64. The van der Waals surface area contributed by atoms with Gasteiger partial charge in [0.2, 0.25) is 0 Å². The highest BCUT2D eigenvalue weighted by Crippen LogP contribution is 2.22. The Bertz CT molecular complexity index is 261. The molecule has 0 heterocycles. The minimum Gasteiger partial charge on any atom is -0.383 e. The normalized spacial score (nSPS) is 10.2. The second-order valence-electron chi connectivity index (χ2n) is 3.27. The van der Waals surface area contributed by atoms with Crippen LogP contribution < -0.4 is 5.32 Å². The van der Waals surface area contributed by atoms with Crippen LogP contribution in [0.1, 0.15) is 25.0 Å². The van der Waals surface area contributed by atoms with E-state index in [2.05, 4.69) is 37.4 Å². The van der Waals surface area contributed by atoms with Crippen LogP contribution in [0.2, 0.25) is 0 Å². The molecule has 0 aliphatic heterocycles. The summed E-state index contributed by atoms with van der Waals surface area (Å²) in [4.78, 5) is 0. The predicted molar refractivity (Wildman–Crippen MR) is 64.4 cm³/mol. The summed E-state index contributed by atoms with van der Waals surface area (Å²) in [7, 11) is 0. The molecule has 1 aromatic rings. The van der Waals surface area contributed by atoms with Crippen molar-refractivity contribution < 1.29 is 0 Å². The van der Waals surface area contributed by atoms with Gasteiger partial charge in [0, 0.05) is 18.1 Å². The van der Waals surface area contributed by atoms with Gasteiger partial charge in [0.05, 0.1) is 0 Å². The van der Waals surface area contributed by atoms with E-state index in [-0.39, 0.29) is 0 Å². The number of rotatable bonds is 5. The Morgan fingerprint density at radius 3 is 2.14 bits per heavy atom. The van der Waals surface area contributed by atoms with Crippen LogP contribution in [0, 0.1) is 0 Å². The van der Waals surface area contributed by atoms with Crippen LogP contribution in [0.25, 0.3) is 0 Å². The fraction of sp³-hybridized carbons (Fsp3) is 0.500. The molecule has 0 amide bonds. The molecule has 1 N–H and O–H groups in total. The third-order valence-electron chi connectivity index (χ3n) is 2.40. The van der Waals surface area contributed by atoms with Gasteiger partial charge in [-0.25, -0.2) is 0 Å². The van der Waals surface area contributed by atoms with Crippen LogP contribution in [0.4, 0.5) is 5.69 Å². The van der Waals surface area contributed by atoms with Crippen LogP contribution in [-0.2, 0) is 12.8 Å². The Labute approximate surface area is 91.5 Å².